The van der Waals surface area contributed by atoms with Gasteiger partial charge in [-0.25, -0.2) is 4.39 Å². The number of aliphatic hydroxyl groups excluding tert-OH is 2. The molecule has 3 rings (SSSR count). The van der Waals surface area contributed by atoms with Crippen LogP contribution in [0.1, 0.15) is 36.5 Å². The van der Waals surface area contributed by atoms with Crippen LogP contribution in [-0.4, -0.2) is 68.6 Å². The number of rotatable bonds is 5. The topological polar surface area (TPSA) is 127 Å². The first-order valence-corrected chi connectivity index (χ1v) is 9.38. The smallest absolute Gasteiger partial charge is 0.290 e. The van der Waals surface area contributed by atoms with Crippen LogP contribution in [0.25, 0.3) is 11.3 Å². The molecule has 4 N–H and O–H groups in total. The van der Waals surface area contributed by atoms with Gasteiger partial charge in [0.05, 0.1) is 30.2 Å². The fraction of sp³-hybridized carbons (Fsp3) is 0.450. The average molecular weight is 407 g/mol. The minimum absolute atomic E-state index is 0.183. The summed E-state index contributed by atoms with van der Waals surface area (Å²) in [4.78, 5) is 23.0. The Hall–Kier alpha value is -2.78. The van der Waals surface area contributed by atoms with Gasteiger partial charge in [-0.15, -0.1) is 0 Å². The van der Waals surface area contributed by atoms with Crippen molar-refractivity contribution in [3.8, 4) is 11.3 Å². The number of carbonyl (C=O) groups excluding carboxylic acids is 1. The largest absolute Gasteiger partial charge is 0.483 e. The molecule has 1 saturated heterocycles. The Balaban J connectivity index is 0.000000941. The van der Waals surface area contributed by atoms with E-state index in [1.807, 2.05) is 6.92 Å². The predicted molar refractivity (Wildman–Crippen MR) is 104 cm³/mol. The molecule has 1 aromatic carbocycles. The number of carboxylic acid groups (broad SMARTS) is 1. The molecule has 1 aliphatic rings. The maximum absolute atomic E-state index is 14.1. The molecule has 1 fully saturated rings. The molecule has 0 spiro atoms. The number of hydrogen-bond donors (Lipinski definition) is 4. The monoisotopic (exact) mass is 407 g/mol. The molecule has 1 aromatic heterocycles. The molecule has 0 saturated carbocycles. The van der Waals surface area contributed by atoms with Crippen LogP contribution < -0.4 is 0 Å². The molecule has 0 aliphatic carbocycles. The van der Waals surface area contributed by atoms with Crippen LogP contribution in [0.15, 0.2) is 30.5 Å². The number of amides is 1. The van der Waals surface area contributed by atoms with Crippen LogP contribution in [-0.2, 0) is 4.79 Å². The summed E-state index contributed by atoms with van der Waals surface area (Å²) in [5.41, 5.74) is 0.191. The number of hydrogen-bond acceptors (Lipinski definition) is 5. The van der Waals surface area contributed by atoms with Gasteiger partial charge in [0.15, 0.2) is 0 Å². The molecule has 29 heavy (non-hydrogen) atoms. The van der Waals surface area contributed by atoms with Crippen molar-refractivity contribution in [3.63, 3.8) is 0 Å². The molecule has 158 valence electrons. The molecular formula is C20H26FN3O5. The van der Waals surface area contributed by atoms with Crippen molar-refractivity contribution in [1.29, 1.82) is 0 Å². The van der Waals surface area contributed by atoms with Crippen molar-refractivity contribution >= 4 is 12.4 Å². The van der Waals surface area contributed by atoms with Gasteiger partial charge in [-0.05, 0) is 25.0 Å². The molecule has 2 heterocycles. The Labute approximate surface area is 168 Å². The van der Waals surface area contributed by atoms with Gasteiger partial charge in [0.25, 0.3) is 12.4 Å². The summed E-state index contributed by atoms with van der Waals surface area (Å²) in [5, 5.41) is 33.8. The second kappa shape index (κ2) is 10.1. The van der Waals surface area contributed by atoms with Crippen LogP contribution in [0.3, 0.4) is 0 Å². The van der Waals surface area contributed by atoms with E-state index in [9.17, 15) is 19.4 Å². The van der Waals surface area contributed by atoms with E-state index in [1.165, 1.54) is 12.3 Å². The van der Waals surface area contributed by atoms with Crippen molar-refractivity contribution in [3.05, 3.63) is 41.8 Å². The quantitative estimate of drug-likeness (QED) is 0.561. The lowest BCUT2D eigenvalue weighted by atomic mass is 9.74. The number of aromatic nitrogens is 2. The van der Waals surface area contributed by atoms with E-state index < -0.39 is 17.3 Å². The van der Waals surface area contributed by atoms with Crippen LogP contribution in [0.5, 0.6) is 0 Å². The number of halogens is 1. The van der Waals surface area contributed by atoms with Crippen molar-refractivity contribution in [1.82, 2.24) is 15.1 Å². The summed E-state index contributed by atoms with van der Waals surface area (Å²) in [6.45, 7) is 2.20. The highest BCUT2D eigenvalue weighted by Crippen LogP contribution is 2.36. The molecule has 9 heteroatoms. The zero-order valence-electron chi connectivity index (χ0n) is 16.2. The second-order valence-electron chi connectivity index (χ2n) is 7.05. The van der Waals surface area contributed by atoms with Crippen molar-refractivity contribution < 1.29 is 29.3 Å². The lowest BCUT2D eigenvalue weighted by molar-refractivity contribution is -0.122. The molecule has 0 bridgehead atoms. The van der Waals surface area contributed by atoms with Crippen LogP contribution >= 0.6 is 0 Å². The van der Waals surface area contributed by atoms with Gasteiger partial charge in [0.1, 0.15) is 5.82 Å². The highest BCUT2D eigenvalue weighted by atomic mass is 19.1. The number of piperidine rings is 1. The number of nitrogens with one attached hydrogen (secondary N) is 1. The van der Waals surface area contributed by atoms with Gasteiger partial charge < -0.3 is 20.2 Å². The molecule has 1 aliphatic heterocycles. The predicted octanol–water partition coefficient (Wildman–Crippen LogP) is 1.90. The lowest BCUT2D eigenvalue weighted by Crippen LogP contribution is -2.55. The van der Waals surface area contributed by atoms with E-state index in [0.29, 0.717) is 25.1 Å². The van der Waals surface area contributed by atoms with Gasteiger partial charge in [0.2, 0.25) is 0 Å². The van der Waals surface area contributed by atoms with E-state index >= 15 is 0 Å². The number of aromatic amines is 1. The SMILES string of the molecule is CCC[C@@]1(CO)CN(C(=O)c2cn[nH]c2-c2ccccc2F)CC[C@H]1O.O=CO. The maximum Gasteiger partial charge on any atom is 0.290 e. The summed E-state index contributed by atoms with van der Waals surface area (Å²) in [7, 11) is 0. The van der Waals surface area contributed by atoms with E-state index in [0.717, 1.165) is 6.42 Å². The number of aliphatic hydroxyl groups is 2. The van der Waals surface area contributed by atoms with Crippen molar-refractivity contribution in [2.24, 2.45) is 5.41 Å². The number of benzene rings is 1. The highest BCUT2D eigenvalue weighted by Gasteiger charge is 2.43. The Morgan fingerprint density at radius 3 is 2.76 bits per heavy atom. The number of carbonyl (C=O) groups is 2. The van der Waals surface area contributed by atoms with E-state index in [-0.39, 0.29) is 36.7 Å². The van der Waals surface area contributed by atoms with Crippen LogP contribution in [0.2, 0.25) is 0 Å². The maximum atomic E-state index is 14.1. The highest BCUT2D eigenvalue weighted by molar-refractivity contribution is 5.99. The number of likely N-dealkylation sites (tertiary alicyclic amines) is 1. The van der Waals surface area contributed by atoms with Crippen molar-refractivity contribution in [2.45, 2.75) is 32.3 Å². The molecule has 1 amide bonds. The van der Waals surface area contributed by atoms with Gasteiger partial charge in [-0.3, -0.25) is 14.7 Å². The fourth-order valence-electron chi connectivity index (χ4n) is 3.79. The Kier molecular flexibility index (Phi) is 7.86. The summed E-state index contributed by atoms with van der Waals surface area (Å²) >= 11 is 0. The first-order chi connectivity index (χ1) is 13.9. The average Bonchev–Trinajstić information content (AvgIpc) is 3.20. The first kappa shape index (κ1) is 22.5. The summed E-state index contributed by atoms with van der Waals surface area (Å²) in [5.74, 6) is -0.714. The fourth-order valence-corrected chi connectivity index (χ4v) is 3.79. The zero-order valence-corrected chi connectivity index (χ0v) is 16.2. The molecule has 8 nitrogen and oxygen atoms in total. The van der Waals surface area contributed by atoms with E-state index in [4.69, 9.17) is 9.90 Å². The Morgan fingerprint density at radius 1 is 1.45 bits per heavy atom. The Bertz CT molecular complexity index is 828. The van der Waals surface area contributed by atoms with Crippen LogP contribution in [0.4, 0.5) is 4.39 Å². The zero-order chi connectivity index (χ0) is 21.4. The molecule has 0 radical (unpaired) electrons. The van der Waals surface area contributed by atoms with Gasteiger partial charge in [-0.1, -0.05) is 25.5 Å². The van der Waals surface area contributed by atoms with E-state index in [2.05, 4.69) is 10.2 Å². The van der Waals surface area contributed by atoms with Crippen molar-refractivity contribution in [2.75, 3.05) is 19.7 Å². The normalized spacial score (nSPS) is 21.2. The standard InChI is InChI=1S/C19H24FN3O3.CH2O2/c1-2-8-19(12-24)11-23(9-7-16(19)25)18(26)14-10-21-22-17(14)13-5-3-4-6-15(13)20;2-1-3/h3-6,10,16,24-25H,2,7-9,11-12H2,1H3,(H,21,22);1H,(H,2,3)/t16-,19+;/m1./s1. The van der Waals surface area contributed by atoms with Gasteiger partial charge in [-0.2, -0.15) is 5.10 Å². The minimum Gasteiger partial charge on any atom is -0.483 e. The molecule has 2 atom stereocenters. The third-order valence-corrected chi connectivity index (χ3v) is 5.25. The molecular weight excluding hydrogens is 381 g/mol. The summed E-state index contributed by atoms with van der Waals surface area (Å²) in [6.07, 6.45) is 2.58. The second-order valence-corrected chi connectivity index (χ2v) is 7.05. The third-order valence-electron chi connectivity index (χ3n) is 5.25. The minimum atomic E-state index is -0.718. The van der Waals surface area contributed by atoms with E-state index in [1.54, 1.807) is 23.1 Å². The summed E-state index contributed by atoms with van der Waals surface area (Å²) in [6, 6.07) is 6.21. The van der Waals surface area contributed by atoms with Gasteiger partial charge in [0, 0.05) is 24.1 Å². The molecule has 0 unspecified atom stereocenters. The molecule has 2 aromatic rings. The third kappa shape index (κ3) is 4.80. The van der Waals surface area contributed by atoms with Gasteiger partial charge >= 0.3 is 0 Å². The first-order valence-electron chi connectivity index (χ1n) is 9.38. The lowest BCUT2D eigenvalue weighted by Gasteiger charge is -2.45. The number of nitrogens with zero attached hydrogens (tertiary/aromatic N) is 2. The van der Waals surface area contributed by atoms with Crippen LogP contribution in [0, 0.1) is 11.2 Å². The number of H-pyrrole nitrogens is 1. The summed E-state index contributed by atoms with van der Waals surface area (Å²) < 4.78 is 14.1. The Morgan fingerprint density at radius 2 is 2.14 bits per heavy atom.